The van der Waals surface area contributed by atoms with E-state index in [1.165, 1.54) is 0 Å². The number of thiophene rings is 1. The Hall–Kier alpha value is -2.02. The summed E-state index contributed by atoms with van der Waals surface area (Å²) in [4.78, 5) is 4.27. The number of nitrogens with zero attached hydrogens (tertiary/aromatic N) is 5. The molecule has 0 N–H and O–H groups in total. The molecule has 0 aliphatic heterocycles. The third-order valence-corrected chi connectivity index (χ3v) is 2.70. The lowest BCUT2D eigenvalue weighted by molar-refractivity contribution is 0.364. The molecule has 3 aromatic rings. The number of hydrogen-bond donors (Lipinski definition) is 0. The van der Waals surface area contributed by atoms with Crippen LogP contribution in [0.2, 0.25) is 0 Å². The van der Waals surface area contributed by atoms with Crippen LogP contribution in [-0.2, 0) is 6.54 Å². The largest absolute Gasteiger partial charge is 0.337 e. The van der Waals surface area contributed by atoms with E-state index in [4.69, 9.17) is 4.52 Å². The molecule has 7 heteroatoms. The van der Waals surface area contributed by atoms with E-state index in [0.717, 1.165) is 5.56 Å². The van der Waals surface area contributed by atoms with Crippen molar-refractivity contribution >= 4 is 11.3 Å². The summed E-state index contributed by atoms with van der Waals surface area (Å²) in [5.74, 6) is 1.13. The van der Waals surface area contributed by atoms with Crippen LogP contribution in [0.1, 0.15) is 5.89 Å². The highest BCUT2D eigenvalue weighted by atomic mass is 32.1. The van der Waals surface area contributed by atoms with Crippen molar-refractivity contribution in [2.24, 2.45) is 0 Å². The maximum absolute atomic E-state index is 5.12. The van der Waals surface area contributed by atoms with Gasteiger partial charge >= 0.3 is 0 Å². The zero-order valence-corrected chi connectivity index (χ0v) is 8.96. The van der Waals surface area contributed by atoms with Crippen LogP contribution in [0.4, 0.5) is 0 Å². The van der Waals surface area contributed by atoms with Crippen LogP contribution >= 0.6 is 11.3 Å². The summed E-state index contributed by atoms with van der Waals surface area (Å²) >= 11 is 1.60. The monoisotopic (exact) mass is 233 g/mol. The summed E-state index contributed by atoms with van der Waals surface area (Å²) in [5.41, 5.74) is 0.971. The molecule has 0 spiro atoms. The van der Waals surface area contributed by atoms with Crippen molar-refractivity contribution in [2.45, 2.75) is 6.54 Å². The van der Waals surface area contributed by atoms with Gasteiger partial charge in [-0.15, -0.1) is 5.10 Å². The fraction of sp³-hybridized carbons (Fsp3) is 0.111. The van der Waals surface area contributed by atoms with Crippen molar-refractivity contribution < 1.29 is 4.52 Å². The summed E-state index contributed by atoms with van der Waals surface area (Å²) in [7, 11) is 0. The van der Waals surface area contributed by atoms with Crippen molar-refractivity contribution in [1.29, 1.82) is 0 Å². The first kappa shape index (κ1) is 9.22. The summed E-state index contributed by atoms with van der Waals surface area (Å²) in [6.45, 7) is 0.442. The van der Waals surface area contributed by atoms with E-state index in [9.17, 15) is 0 Å². The Morgan fingerprint density at radius 2 is 2.44 bits per heavy atom. The molecule has 80 valence electrons. The van der Waals surface area contributed by atoms with Crippen LogP contribution in [0, 0.1) is 0 Å². The zero-order valence-electron chi connectivity index (χ0n) is 8.15. The molecule has 0 radical (unpaired) electrons. The summed E-state index contributed by atoms with van der Waals surface area (Å²) in [6, 6.07) is 1.95. The highest BCUT2D eigenvalue weighted by Crippen LogP contribution is 2.18. The Morgan fingerprint density at radius 1 is 1.44 bits per heavy atom. The topological polar surface area (TPSA) is 69.6 Å². The van der Waals surface area contributed by atoms with Gasteiger partial charge < -0.3 is 4.52 Å². The van der Waals surface area contributed by atoms with Crippen LogP contribution in [-0.4, -0.2) is 25.1 Å². The molecule has 0 unspecified atom stereocenters. The van der Waals surface area contributed by atoms with E-state index in [1.807, 2.05) is 16.8 Å². The maximum Gasteiger partial charge on any atom is 0.248 e. The highest BCUT2D eigenvalue weighted by molar-refractivity contribution is 7.08. The summed E-state index contributed by atoms with van der Waals surface area (Å²) in [6.07, 6.45) is 3.35. The van der Waals surface area contributed by atoms with Gasteiger partial charge in [0.05, 0.1) is 6.20 Å². The molecule has 0 fully saturated rings. The van der Waals surface area contributed by atoms with Gasteiger partial charge in [0, 0.05) is 17.1 Å². The minimum atomic E-state index is 0.442. The smallest absolute Gasteiger partial charge is 0.248 e. The molecular formula is C9H7N5OS. The average Bonchev–Trinajstić information content (AvgIpc) is 2.99. The molecule has 0 aliphatic rings. The second kappa shape index (κ2) is 3.86. The lowest BCUT2D eigenvalue weighted by Gasteiger charge is -1.91. The standard InChI is InChI=1S/C9H7N5OS/c1-4-16-6-7(1)9-11-8(15-12-9)5-14-3-2-10-13-14/h1-4,6H,5H2. The third-order valence-electron chi connectivity index (χ3n) is 2.02. The second-order valence-corrected chi connectivity index (χ2v) is 3.90. The van der Waals surface area contributed by atoms with Gasteiger partial charge in [0.1, 0.15) is 6.54 Å². The number of aromatic nitrogens is 5. The predicted molar refractivity (Wildman–Crippen MR) is 56.7 cm³/mol. The molecule has 0 aliphatic carbocycles. The zero-order chi connectivity index (χ0) is 10.8. The first-order valence-corrected chi connectivity index (χ1v) is 5.55. The van der Waals surface area contributed by atoms with E-state index in [2.05, 4.69) is 20.5 Å². The molecule has 0 amide bonds. The van der Waals surface area contributed by atoms with Crippen LogP contribution in [0.5, 0.6) is 0 Å². The van der Waals surface area contributed by atoms with Crippen molar-refractivity contribution in [3.8, 4) is 11.4 Å². The van der Waals surface area contributed by atoms with Gasteiger partial charge in [-0.05, 0) is 11.4 Å². The lowest BCUT2D eigenvalue weighted by Crippen LogP contribution is -2.00. The van der Waals surface area contributed by atoms with Crippen LogP contribution < -0.4 is 0 Å². The molecule has 3 heterocycles. The first-order valence-electron chi connectivity index (χ1n) is 4.61. The molecule has 0 saturated heterocycles. The Kier molecular flexibility index (Phi) is 2.22. The average molecular weight is 233 g/mol. The van der Waals surface area contributed by atoms with Crippen molar-refractivity contribution in [2.75, 3.05) is 0 Å². The van der Waals surface area contributed by atoms with E-state index >= 15 is 0 Å². The Bertz CT molecular complexity index is 557. The molecule has 0 bridgehead atoms. The second-order valence-electron chi connectivity index (χ2n) is 3.12. The van der Waals surface area contributed by atoms with Crippen molar-refractivity contribution in [3.05, 3.63) is 35.1 Å². The number of hydrogen-bond acceptors (Lipinski definition) is 6. The molecule has 16 heavy (non-hydrogen) atoms. The van der Waals surface area contributed by atoms with Gasteiger partial charge in [0.25, 0.3) is 0 Å². The fourth-order valence-corrected chi connectivity index (χ4v) is 1.92. The highest BCUT2D eigenvalue weighted by Gasteiger charge is 2.09. The molecule has 0 saturated carbocycles. The van der Waals surface area contributed by atoms with Crippen molar-refractivity contribution in [3.63, 3.8) is 0 Å². The van der Waals surface area contributed by atoms with E-state index < -0.39 is 0 Å². The molecule has 0 aromatic carbocycles. The van der Waals surface area contributed by atoms with Crippen LogP contribution in [0.15, 0.2) is 33.7 Å². The van der Waals surface area contributed by atoms with Crippen molar-refractivity contribution in [1.82, 2.24) is 25.1 Å². The fourth-order valence-electron chi connectivity index (χ4n) is 1.28. The molecular weight excluding hydrogens is 226 g/mol. The van der Waals surface area contributed by atoms with Gasteiger partial charge in [-0.1, -0.05) is 10.4 Å². The van der Waals surface area contributed by atoms with Crippen LogP contribution in [0.3, 0.4) is 0 Å². The van der Waals surface area contributed by atoms with E-state index in [0.29, 0.717) is 18.3 Å². The van der Waals surface area contributed by atoms with Crippen LogP contribution in [0.25, 0.3) is 11.4 Å². The lowest BCUT2D eigenvalue weighted by atomic mass is 10.3. The molecule has 3 aromatic heterocycles. The summed E-state index contributed by atoms with van der Waals surface area (Å²) < 4.78 is 6.75. The Morgan fingerprint density at radius 3 is 3.19 bits per heavy atom. The van der Waals surface area contributed by atoms with E-state index in [1.54, 1.807) is 28.4 Å². The summed E-state index contributed by atoms with van der Waals surface area (Å²) in [5, 5.41) is 15.4. The maximum atomic E-state index is 5.12. The molecule has 3 rings (SSSR count). The minimum absolute atomic E-state index is 0.442. The first-order chi connectivity index (χ1) is 7.92. The quantitative estimate of drug-likeness (QED) is 0.684. The van der Waals surface area contributed by atoms with Gasteiger partial charge in [-0.2, -0.15) is 16.3 Å². The minimum Gasteiger partial charge on any atom is -0.337 e. The Labute approximate surface area is 94.5 Å². The molecule has 6 nitrogen and oxygen atoms in total. The van der Waals surface area contributed by atoms with Gasteiger partial charge in [-0.25, -0.2) is 4.68 Å². The van der Waals surface area contributed by atoms with Gasteiger partial charge in [0.15, 0.2) is 0 Å². The normalized spacial score (nSPS) is 10.8. The predicted octanol–water partition coefficient (Wildman–Crippen LogP) is 1.44. The Balaban J connectivity index is 1.83. The third kappa shape index (κ3) is 1.72. The van der Waals surface area contributed by atoms with E-state index in [-0.39, 0.29) is 0 Å². The molecule has 0 atom stereocenters. The van der Waals surface area contributed by atoms with Gasteiger partial charge in [-0.3, -0.25) is 0 Å². The SMILES string of the molecule is c1cn(Cc2nc(-c3ccsc3)no2)nn1. The number of rotatable bonds is 3. The van der Waals surface area contributed by atoms with Gasteiger partial charge in [0.2, 0.25) is 11.7 Å².